The van der Waals surface area contributed by atoms with Crippen LogP contribution < -0.4 is 15.5 Å². The van der Waals surface area contributed by atoms with Gasteiger partial charge in [-0.3, -0.25) is 19.4 Å². The average Bonchev–Trinajstić information content (AvgIpc) is 3.49. The van der Waals surface area contributed by atoms with Gasteiger partial charge in [-0.1, -0.05) is 30.3 Å². The number of likely N-dealkylation sites (N-methyl/N-ethyl adjacent to an activating group) is 1. The molecule has 3 amide bonds. The van der Waals surface area contributed by atoms with Crippen LogP contribution in [0.3, 0.4) is 0 Å². The van der Waals surface area contributed by atoms with E-state index in [9.17, 15) is 22.8 Å². The van der Waals surface area contributed by atoms with E-state index in [2.05, 4.69) is 32.6 Å². The molecule has 300 valence electrons. The zero-order valence-corrected chi connectivity index (χ0v) is 33.8. The quantitative estimate of drug-likeness (QED) is 0.194. The van der Waals surface area contributed by atoms with Crippen molar-refractivity contribution in [3.8, 4) is 11.3 Å². The predicted octanol–water partition coefficient (Wildman–Crippen LogP) is 5.84. The van der Waals surface area contributed by atoms with Crippen molar-refractivity contribution in [3.05, 3.63) is 113 Å². The second kappa shape index (κ2) is 18.0. The molecule has 0 unspecified atom stereocenters. The molecule has 2 aliphatic heterocycles. The van der Waals surface area contributed by atoms with Gasteiger partial charge in [0.2, 0.25) is 10.0 Å². The number of hydrogen-bond donors (Lipinski definition) is 2. The van der Waals surface area contributed by atoms with Crippen LogP contribution in [0.2, 0.25) is 0 Å². The van der Waals surface area contributed by atoms with Crippen molar-refractivity contribution in [2.24, 2.45) is 0 Å². The van der Waals surface area contributed by atoms with Crippen LogP contribution in [0.15, 0.2) is 85.1 Å². The number of piperidine rings is 1. The lowest BCUT2D eigenvalue weighted by molar-refractivity contribution is 0.0778. The van der Waals surface area contributed by atoms with Gasteiger partial charge in [-0.15, -0.1) is 0 Å². The Balaban J connectivity index is 1.07. The molecule has 0 bridgehead atoms. The number of sulfonamides is 1. The largest absolute Gasteiger partial charge is 0.372 e. The number of carbonyl (C=O) groups excluding carboxylic acids is 3. The molecule has 12 nitrogen and oxygen atoms in total. The summed E-state index contributed by atoms with van der Waals surface area (Å²) in [6, 6.07) is 24.4. The van der Waals surface area contributed by atoms with Crippen LogP contribution in [0.25, 0.3) is 11.3 Å². The number of anilines is 2. The highest BCUT2D eigenvalue weighted by Gasteiger charge is 2.25. The average molecular weight is 792 g/mol. The van der Waals surface area contributed by atoms with Gasteiger partial charge in [0.1, 0.15) is 0 Å². The fraction of sp³-hybridized carbons (Fsp3) is 0.409. The fourth-order valence-electron chi connectivity index (χ4n) is 8.17. The molecule has 13 heteroatoms. The van der Waals surface area contributed by atoms with Gasteiger partial charge in [0.05, 0.1) is 23.7 Å². The van der Waals surface area contributed by atoms with E-state index in [1.54, 1.807) is 54.5 Å². The molecule has 3 aliphatic rings. The van der Waals surface area contributed by atoms with E-state index in [0.717, 1.165) is 63.8 Å². The number of nitrogens with zero attached hydrogens (tertiary/aromatic N) is 5. The monoisotopic (exact) mass is 791 g/mol. The smallest absolute Gasteiger partial charge is 0.255 e. The zero-order chi connectivity index (χ0) is 39.9. The summed E-state index contributed by atoms with van der Waals surface area (Å²) >= 11 is 0. The predicted molar refractivity (Wildman–Crippen MR) is 224 cm³/mol. The van der Waals surface area contributed by atoms with Crippen LogP contribution in [-0.4, -0.2) is 111 Å². The number of amides is 3. The van der Waals surface area contributed by atoms with Gasteiger partial charge in [0.25, 0.3) is 17.7 Å². The van der Waals surface area contributed by atoms with Crippen LogP contribution in [0, 0.1) is 0 Å². The zero-order valence-electron chi connectivity index (χ0n) is 33.0. The number of pyridine rings is 1. The van der Waals surface area contributed by atoms with Crippen molar-refractivity contribution < 1.29 is 22.8 Å². The molecular formula is C44H53N7O5S. The van der Waals surface area contributed by atoms with Gasteiger partial charge in [-0.2, -0.15) is 0 Å². The molecule has 7 rings (SSSR count). The first kappa shape index (κ1) is 40.1. The van der Waals surface area contributed by atoms with Crippen LogP contribution >= 0.6 is 0 Å². The number of fused-ring (bicyclic) bond motifs is 1. The minimum absolute atomic E-state index is 0.0618. The Kier molecular flexibility index (Phi) is 12.7. The van der Waals surface area contributed by atoms with Crippen molar-refractivity contribution in [1.82, 2.24) is 24.4 Å². The number of benzene rings is 3. The third-order valence-corrected chi connectivity index (χ3v) is 12.7. The summed E-state index contributed by atoms with van der Waals surface area (Å²) in [5.74, 6) is -0.751. The molecule has 0 radical (unpaired) electrons. The lowest BCUT2D eigenvalue weighted by Gasteiger charge is -2.29. The Bertz CT molecular complexity index is 2210. The second-order valence-electron chi connectivity index (χ2n) is 15.4. The summed E-state index contributed by atoms with van der Waals surface area (Å²) in [6.07, 6.45) is 9.93. The molecule has 3 heterocycles. The van der Waals surface area contributed by atoms with Gasteiger partial charge < -0.3 is 25.3 Å². The number of carbonyl (C=O) groups is 3. The number of hydrogen-bond acceptors (Lipinski definition) is 8. The Hall–Kier alpha value is -5.11. The summed E-state index contributed by atoms with van der Waals surface area (Å²) in [4.78, 5) is 52.0. The van der Waals surface area contributed by atoms with E-state index < -0.39 is 10.0 Å². The third kappa shape index (κ3) is 9.89. The molecule has 2 fully saturated rings. The summed E-state index contributed by atoms with van der Waals surface area (Å²) < 4.78 is 25.5. The maximum Gasteiger partial charge on any atom is 0.255 e. The van der Waals surface area contributed by atoms with Gasteiger partial charge in [0, 0.05) is 87.0 Å². The molecule has 0 spiro atoms. The lowest BCUT2D eigenvalue weighted by atomic mass is 9.87. The number of aromatic nitrogens is 1. The van der Waals surface area contributed by atoms with Crippen LogP contribution in [0.5, 0.6) is 0 Å². The molecule has 1 aliphatic carbocycles. The van der Waals surface area contributed by atoms with E-state index in [1.165, 1.54) is 28.1 Å². The molecule has 0 saturated carbocycles. The van der Waals surface area contributed by atoms with E-state index in [-0.39, 0.29) is 23.8 Å². The molecule has 2 saturated heterocycles. The molecule has 57 heavy (non-hydrogen) atoms. The number of aryl methyl sites for hydroxylation is 1. The highest BCUT2D eigenvalue weighted by atomic mass is 32.2. The first-order valence-electron chi connectivity index (χ1n) is 20.1. The van der Waals surface area contributed by atoms with Crippen molar-refractivity contribution in [1.29, 1.82) is 0 Å². The second-order valence-corrected chi connectivity index (χ2v) is 17.4. The summed E-state index contributed by atoms with van der Waals surface area (Å²) in [7, 11) is -1.50. The van der Waals surface area contributed by atoms with E-state index >= 15 is 0 Å². The SMILES string of the molecule is CN(CCN1CCCN(S(C)(=O)=O)CC1)C(=O)c1cccc(C(=O)Nc2ccc(N3CCCCC3)cc2-c2cc(C(=O)N[C@H]3CCCc4ccccc43)ccn2)c1. The van der Waals surface area contributed by atoms with Crippen molar-refractivity contribution in [2.45, 2.75) is 51.0 Å². The Morgan fingerprint density at radius 2 is 1.58 bits per heavy atom. The fourth-order valence-corrected chi connectivity index (χ4v) is 9.04. The molecule has 1 atom stereocenters. The van der Waals surface area contributed by atoms with Gasteiger partial charge in [-0.25, -0.2) is 12.7 Å². The number of nitrogens with one attached hydrogen (secondary N) is 2. The van der Waals surface area contributed by atoms with Crippen LogP contribution in [-0.2, 0) is 16.4 Å². The van der Waals surface area contributed by atoms with Crippen molar-refractivity contribution in [3.63, 3.8) is 0 Å². The van der Waals surface area contributed by atoms with Crippen molar-refractivity contribution >= 4 is 39.1 Å². The summed E-state index contributed by atoms with van der Waals surface area (Å²) in [5.41, 5.74) is 6.51. The van der Waals surface area contributed by atoms with E-state index in [4.69, 9.17) is 4.98 Å². The first-order valence-corrected chi connectivity index (χ1v) is 22.0. The molecule has 3 aromatic carbocycles. The normalized spacial score (nSPS) is 17.9. The summed E-state index contributed by atoms with van der Waals surface area (Å²) in [5, 5.41) is 6.35. The maximum atomic E-state index is 13.9. The molecule has 1 aromatic heterocycles. The van der Waals surface area contributed by atoms with Crippen LogP contribution in [0.4, 0.5) is 11.4 Å². The van der Waals surface area contributed by atoms with Gasteiger partial charge >= 0.3 is 0 Å². The van der Waals surface area contributed by atoms with Gasteiger partial charge in [-0.05, 0) is 111 Å². The minimum Gasteiger partial charge on any atom is -0.372 e. The third-order valence-electron chi connectivity index (χ3n) is 11.4. The summed E-state index contributed by atoms with van der Waals surface area (Å²) in [6.45, 7) is 5.25. The number of rotatable bonds is 11. The van der Waals surface area contributed by atoms with Crippen LogP contribution in [0.1, 0.15) is 86.8 Å². The highest BCUT2D eigenvalue weighted by Crippen LogP contribution is 2.34. The van der Waals surface area contributed by atoms with Gasteiger partial charge in [0.15, 0.2) is 0 Å². The molecule has 4 aromatic rings. The molecule has 2 N–H and O–H groups in total. The Morgan fingerprint density at radius 3 is 2.40 bits per heavy atom. The Labute approximate surface area is 336 Å². The first-order chi connectivity index (χ1) is 27.5. The molecular weight excluding hydrogens is 739 g/mol. The van der Waals surface area contributed by atoms with E-state index in [0.29, 0.717) is 66.4 Å². The lowest BCUT2D eigenvalue weighted by Crippen LogP contribution is -2.39. The topological polar surface area (TPSA) is 135 Å². The highest BCUT2D eigenvalue weighted by molar-refractivity contribution is 7.88. The van der Waals surface area contributed by atoms with E-state index in [1.807, 2.05) is 30.3 Å². The standard InChI is InChI=1S/C44H53N7O5S/c1-48(25-26-49-21-10-24-51(28-27-49)57(2,55)56)44(54)35-14-8-13-33(29-35)42(52)47-40-18-17-36(50-22-6-3-7-23-50)31-38(40)41-30-34(19-20-45-41)43(53)46-39-16-9-12-32-11-4-5-15-37(32)39/h4-5,8,11,13-15,17-20,29-31,39H,3,6-7,9-10,12,16,21-28H2,1-2H3,(H,46,53)(H,47,52)/t39-/m0/s1. The maximum absolute atomic E-state index is 13.9. The minimum atomic E-state index is -3.24. The van der Waals surface area contributed by atoms with Crippen molar-refractivity contribution in [2.75, 3.05) is 75.9 Å². The Morgan fingerprint density at radius 1 is 0.789 bits per heavy atom.